The van der Waals surface area contributed by atoms with Gasteiger partial charge in [0.2, 0.25) is 17.7 Å². The zero-order valence-corrected chi connectivity index (χ0v) is 20.7. The normalized spacial score (nSPS) is 11.5. The monoisotopic (exact) mass is 550 g/mol. The second kappa shape index (κ2) is 15.7. The minimum absolute atomic E-state index is 0.131. The molecular formula is C22H29F3N4O9. The van der Waals surface area contributed by atoms with Gasteiger partial charge >= 0.3 is 24.2 Å². The summed E-state index contributed by atoms with van der Waals surface area (Å²) in [6.45, 7) is 3.61. The molecule has 4 amide bonds. The van der Waals surface area contributed by atoms with E-state index >= 15 is 0 Å². The van der Waals surface area contributed by atoms with Crippen molar-refractivity contribution in [3.63, 3.8) is 0 Å². The highest BCUT2D eigenvalue weighted by molar-refractivity contribution is 5.92. The quantitative estimate of drug-likeness (QED) is 0.235. The van der Waals surface area contributed by atoms with E-state index in [-0.39, 0.29) is 6.42 Å². The third kappa shape index (κ3) is 17.1. The van der Waals surface area contributed by atoms with Gasteiger partial charge in [-0.15, -0.1) is 0 Å². The number of alkyl halides is 3. The molecule has 1 unspecified atom stereocenters. The van der Waals surface area contributed by atoms with E-state index in [0.717, 1.165) is 5.56 Å². The van der Waals surface area contributed by atoms with Gasteiger partial charge in [0.1, 0.15) is 24.7 Å². The third-order valence-corrected chi connectivity index (χ3v) is 3.83. The molecule has 0 radical (unpaired) electrons. The molecule has 0 heterocycles. The highest BCUT2D eigenvalue weighted by atomic mass is 19.4. The van der Waals surface area contributed by atoms with E-state index in [1.165, 1.54) is 0 Å². The van der Waals surface area contributed by atoms with Gasteiger partial charge in [0.05, 0.1) is 6.54 Å². The maximum Gasteiger partial charge on any atom is 0.490 e. The number of carboxylic acids is 2. The van der Waals surface area contributed by atoms with Crippen molar-refractivity contribution in [1.29, 1.82) is 0 Å². The molecule has 0 aliphatic rings. The molecule has 0 saturated carbocycles. The molecule has 1 atom stereocenters. The minimum atomic E-state index is -5.08. The molecule has 0 fully saturated rings. The minimum Gasteiger partial charge on any atom is -0.480 e. The van der Waals surface area contributed by atoms with E-state index in [0.29, 0.717) is 0 Å². The van der Waals surface area contributed by atoms with Gasteiger partial charge in [-0.3, -0.25) is 19.2 Å². The Morgan fingerprint density at radius 2 is 1.37 bits per heavy atom. The first-order valence-electron chi connectivity index (χ1n) is 10.8. The van der Waals surface area contributed by atoms with Crippen molar-refractivity contribution in [2.75, 3.05) is 19.6 Å². The summed E-state index contributed by atoms with van der Waals surface area (Å²) in [4.78, 5) is 67.4. The number of halogens is 3. The van der Waals surface area contributed by atoms with Gasteiger partial charge in [0.25, 0.3) is 0 Å². The van der Waals surface area contributed by atoms with Crippen molar-refractivity contribution >= 4 is 35.8 Å². The molecule has 212 valence electrons. The predicted molar refractivity (Wildman–Crippen MR) is 124 cm³/mol. The van der Waals surface area contributed by atoms with Gasteiger partial charge in [-0.05, 0) is 26.3 Å². The number of amides is 4. The van der Waals surface area contributed by atoms with Crippen molar-refractivity contribution < 1.29 is 56.9 Å². The number of carbonyl (C=O) groups excluding carboxylic acids is 4. The van der Waals surface area contributed by atoms with E-state index in [1.807, 2.05) is 0 Å². The predicted octanol–water partition coefficient (Wildman–Crippen LogP) is 0.189. The summed E-state index contributed by atoms with van der Waals surface area (Å²) >= 11 is 0. The molecule has 0 spiro atoms. The average molecular weight is 550 g/mol. The summed E-state index contributed by atoms with van der Waals surface area (Å²) in [6, 6.07) is 7.80. The first-order valence-corrected chi connectivity index (χ1v) is 10.8. The van der Waals surface area contributed by atoms with Crippen molar-refractivity contribution in [2.24, 2.45) is 0 Å². The Labute approximate surface area is 215 Å². The van der Waals surface area contributed by atoms with Crippen LogP contribution in [-0.2, 0) is 35.1 Å². The van der Waals surface area contributed by atoms with Crippen LogP contribution >= 0.6 is 0 Å². The van der Waals surface area contributed by atoms with Crippen LogP contribution in [0.15, 0.2) is 30.3 Å². The van der Waals surface area contributed by atoms with Crippen LogP contribution in [0.25, 0.3) is 0 Å². The summed E-state index contributed by atoms with van der Waals surface area (Å²) in [7, 11) is 0. The summed E-state index contributed by atoms with van der Waals surface area (Å²) in [5.74, 6) is -5.93. The number of aliphatic carboxylic acids is 2. The van der Waals surface area contributed by atoms with Crippen LogP contribution in [0.4, 0.5) is 18.0 Å². The number of nitrogens with one attached hydrogen (secondary N) is 4. The molecule has 0 aromatic heterocycles. The smallest absolute Gasteiger partial charge is 0.480 e. The van der Waals surface area contributed by atoms with Crippen LogP contribution in [-0.4, -0.2) is 83.4 Å². The van der Waals surface area contributed by atoms with Crippen molar-refractivity contribution in [3.8, 4) is 0 Å². The van der Waals surface area contributed by atoms with Gasteiger partial charge in [-0.1, -0.05) is 30.3 Å². The van der Waals surface area contributed by atoms with Gasteiger partial charge in [-0.25, -0.2) is 9.59 Å². The molecular weight excluding hydrogens is 521 g/mol. The Morgan fingerprint density at radius 3 is 1.84 bits per heavy atom. The first-order chi connectivity index (χ1) is 17.4. The number of benzene rings is 1. The number of rotatable bonds is 10. The Morgan fingerprint density at radius 1 is 0.842 bits per heavy atom. The molecule has 0 bridgehead atoms. The highest BCUT2D eigenvalue weighted by Crippen LogP contribution is 2.13. The fraction of sp³-hybridized carbons (Fsp3) is 0.455. The zero-order chi connectivity index (χ0) is 29.5. The Kier molecular flexibility index (Phi) is 13.9. The molecule has 1 aromatic carbocycles. The number of carboxylic acid groups (broad SMARTS) is 2. The van der Waals surface area contributed by atoms with Gasteiger partial charge in [-0.2, -0.15) is 13.2 Å². The van der Waals surface area contributed by atoms with Crippen molar-refractivity contribution in [3.05, 3.63) is 35.9 Å². The lowest BCUT2D eigenvalue weighted by atomic mass is 10.1. The first kappa shape index (κ1) is 33.6. The van der Waals surface area contributed by atoms with Gasteiger partial charge in [0, 0.05) is 6.42 Å². The maximum atomic E-state index is 12.3. The molecule has 38 heavy (non-hydrogen) atoms. The van der Waals surface area contributed by atoms with Crippen molar-refractivity contribution in [1.82, 2.24) is 21.3 Å². The molecule has 6 N–H and O–H groups in total. The summed E-state index contributed by atoms with van der Waals surface area (Å²) in [5.41, 5.74) is 0.0407. The lowest BCUT2D eigenvalue weighted by molar-refractivity contribution is -0.192. The van der Waals surface area contributed by atoms with Gasteiger partial charge < -0.3 is 36.2 Å². The van der Waals surface area contributed by atoms with Crippen LogP contribution in [0, 0.1) is 0 Å². The Hall–Kier alpha value is -4.37. The Balaban J connectivity index is 0.00000171. The van der Waals surface area contributed by atoms with Crippen LogP contribution in [0.1, 0.15) is 26.3 Å². The van der Waals surface area contributed by atoms with Crippen LogP contribution in [0.3, 0.4) is 0 Å². The number of ether oxygens (including phenoxy) is 1. The number of hydrogen-bond acceptors (Lipinski definition) is 7. The summed E-state index contributed by atoms with van der Waals surface area (Å²) in [6.07, 6.45) is -5.73. The maximum absolute atomic E-state index is 12.3. The van der Waals surface area contributed by atoms with E-state index in [1.54, 1.807) is 51.1 Å². The number of carbonyl (C=O) groups is 6. The second-order valence-corrected chi connectivity index (χ2v) is 8.36. The average Bonchev–Trinajstić information content (AvgIpc) is 2.78. The molecule has 16 heteroatoms. The molecule has 1 aromatic rings. The lowest BCUT2D eigenvalue weighted by Gasteiger charge is -2.20. The van der Waals surface area contributed by atoms with E-state index in [2.05, 4.69) is 21.3 Å². The molecule has 1 rings (SSSR count). The number of hydrogen-bond donors (Lipinski definition) is 6. The van der Waals surface area contributed by atoms with E-state index in [9.17, 15) is 37.1 Å². The van der Waals surface area contributed by atoms with E-state index < -0.39 is 73.2 Å². The third-order valence-electron chi connectivity index (χ3n) is 3.83. The highest BCUT2D eigenvalue weighted by Gasteiger charge is 2.38. The fourth-order valence-electron chi connectivity index (χ4n) is 2.30. The molecule has 0 aliphatic carbocycles. The largest absolute Gasteiger partial charge is 0.490 e. The van der Waals surface area contributed by atoms with Crippen molar-refractivity contribution in [2.45, 2.75) is 45.0 Å². The van der Waals surface area contributed by atoms with Crippen LogP contribution in [0.2, 0.25) is 0 Å². The van der Waals surface area contributed by atoms with Gasteiger partial charge in [0.15, 0.2) is 0 Å². The standard InChI is InChI=1S/C20H28N4O7.C2HF3O2/c1-20(2,3)31-19(30)23-10-15(25)21-11-16(26)24-14(18(29)22-12-17(27)28)9-13-7-5-4-6-8-13;3-2(4,5)1(6)7/h4-8,14H,9-12H2,1-3H3,(H,21,25)(H,22,29)(H,23,30)(H,24,26)(H,27,28);(H,6,7). The Bertz CT molecular complexity index is 981. The molecule has 0 saturated heterocycles. The van der Waals surface area contributed by atoms with E-state index in [4.69, 9.17) is 19.7 Å². The molecule has 0 aliphatic heterocycles. The topological polar surface area (TPSA) is 200 Å². The van der Waals surface area contributed by atoms with Crippen LogP contribution < -0.4 is 21.3 Å². The number of alkyl carbamates (subject to hydrolysis) is 1. The summed E-state index contributed by atoms with van der Waals surface area (Å²) < 4.78 is 36.7. The zero-order valence-electron chi connectivity index (χ0n) is 20.7. The fourth-order valence-corrected chi connectivity index (χ4v) is 2.30. The molecule has 13 nitrogen and oxygen atoms in total. The summed E-state index contributed by atoms with van der Waals surface area (Å²) in [5, 5.41) is 25.1. The SMILES string of the molecule is CC(C)(C)OC(=O)NCC(=O)NCC(=O)NC(Cc1ccccc1)C(=O)NCC(=O)O.O=C(O)C(F)(F)F. The lowest BCUT2D eigenvalue weighted by Crippen LogP contribution is -2.51. The van der Waals surface area contributed by atoms with Crippen LogP contribution in [0.5, 0.6) is 0 Å². The second-order valence-electron chi connectivity index (χ2n) is 8.36.